The molecule has 0 unspecified atom stereocenters. The highest BCUT2D eigenvalue weighted by Gasteiger charge is 2.23. The highest BCUT2D eigenvalue weighted by molar-refractivity contribution is 6.02. The zero-order valence-electron chi connectivity index (χ0n) is 17.1. The lowest BCUT2D eigenvalue weighted by Crippen LogP contribution is -2.30. The molecule has 1 aliphatic heterocycles. The van der Waals surface area contributed by atoms with Gasteiger partial charge in [0.1, 0.15) is 0 Å². The fraction of sp³-hybridized carbons (Fsp3) is 0.304. The van der Waals surface area contributed by atoms with Crippen molar-refractivity contribution >= 4 is 29.2 Å². The van der Waals surface area contributed by atoms with Crippen LogP contribution >= 0.6 is 0 Å². The molecule has 0 aromatic heterocycles. The van der Waals surface area contributed by atoms with Gasteiger partial charge < -0.3 is 10.1 Å². The molecule has 7 nitrogen and oxygen atoms in total. The van der Waals surface area contributed by atoms with Crippen molar-refractivity contribution in [2.45, 2.75) is 39.2 Å². The molecule has 1 heterocycles. The largest absolute Gasteiger partial charge is 0.453 e. The van der Waals surface area contributed by atoms with E-state index in [1.165, 1.54) is 11.9 Å². The van der Waals surface area contributed by atoms with E-state index in [0.29, 0.717) is 18.7 Å². The van der Waals surface area contributed by atoms with Gasteiger partial charge in [-0.1, -0.05) is 42.5 Å². The predicted molar refractivity (Wildman–Crippen MR) is 114 cm³/mol. The summed E-state index contributed by atoms with van der Waals surface area (Å²) in [5.74, 6) is -1.26. The normalized spacial score (nSPS) is 14.1. The minimum Gasteiger partial charge on any atom is -0.453 e. The molecule has 2 aromatic rings. The zero-order valence-corrected chi connectivity index (χ0v) is 17.1. The molecule has 0 fully saturated rings. The van der Waals surface area contributed by atoms with Crippen LogP contribution in [0.5, 0.6) is 0 Å². The minimum atomic E-state index is -0.956. The van der Waals surface area contributed by atoms with Crippen molar-refractivity contribution in [3.8, 4) is 0 Å². The third-order valence-electron chi connectivity index (χ3n) is 4.70. The summed E-state index contributed by atoms with van der Waals surface area (Å²) in [7, 11) is 0. The van der Waals surface area contributed by atoms with Gasteiger partial charge in [-0.2, -0.15) is 5.10 Å². The maximum atomic E-state index is 12.4. The van der Waals surface area contributed by atoms with Crippen LogP contribution in [-0.2, 0) is 19.1 Å². The Bertz CT molecular complexity index is 956. The number of carbonyl (C=O) groups excluding carboxylic acids is 3. The second-order valence-electron chi connectivity index (χ2n) is 7.17. The minimum absolute atomic E-state index is 0.0172. The topological polar surface area (TPSA) is 88.1 Å². The summed E-state index contributed by atoms with van der Waals surface area (Å²) in [6.45, 7) is 3.92. The smallest absolute Gasteiger partial charge is 0.307 e. The second-order valence-corrected chi connectivity index (χ2v) is 7.17. The average molecular weight is 407 g/mol. The fourth-order valence-electron chi connectivity index (χ4n) is 3.08. The van der Waals surface area contributed by atoms with E-state index >= 15 is 0 Å². The number of carbonyl (C=O) groups is 3. The van der Waals surface area contributed by atoms with Gasteiger partial charge in [-0.05, 0) is 37.1 Å². The third kappa shape index (κ3) is 5.76. The van der Waals surface area contributed by atoms with Crippen LogP contribution in [0.2, 0.25) is 0 Å². The first-order chi connectivity index (χ1) is 14.4. The monoisotopic (exact) mass is 407 g/mol. The number of aryl methyl sites for hydroxylation is 1. The van der Waals surface area contributed by atoms with E-state index in [4.69, 9.17) is 4.74 Å². The van der Waals surface area contributed by atoms with Gasteiger partial charge in [0.05, 0.1) is 18.7 Å². The summed E-state index contributed by atoms with van der Waals surface area (Å²) in [6.07, 6.45) is -0.400. The molecular weight excluding hydrogens is 382 g/mol. The predicted octanol–water partition coefficient (Wildman–Crippen LogP) is 3.28. The van der Waals surface area contributed by atoms with E-state index in [-0.39, 0.29) is 18.7 Å². The molecule has 1 N–H and O–H groups in total. The summed E-state index contributed by atoms with van der Waals surface area (Å²) < 4.78 is 5.16. The molecule has 1 aliphatic rings. The number of hydrazone groups is 1. The number of esters is 1. The maximum Gasteiger partial charge on any atom is 0.307 e. The van der Waals surface area contributed by atoms with Crippen molar-refractivity contribution in [2.24, 2.45) is 5.10 Å². The lowest BCUT2D eigenvalue weighted by Gasteiger charge is -2.14. The van der Waals surface area contributed by atoms with E-state index in [1.54, 1.807) is 6.07 Å². The molecule has 2 amide bonds. The number of hydrogen-bond donors (Lipinski definition) is 1. The van der Waals surface area contributed by atoms with Gasteiger partial charge in [-0.25, -0.2) is 5.01 Å². The molecule has 30 heavy (non-hydrogen) atoms. The Kier molecular flexibility index (Phi) is 6.95. The molecule has 1 atom stereocenters. The lowest BCUT2D eigenvalue weighted by molar-refractivity contribution is -0.154. The molecule has 0 spiro atoms. The van der Waals surface area contributed by atoms with Gasteiger partial charge in [0, 0.05) is 18.5 Å². The molecule has 0 saturated carbocycles. The molecule has 156 valence electrons. The van der Waals surface area contributed by atoms with Crippen molar-refractivity contribution in [2.75, 3.05) is 11.9 Å². The first-order valence-electron chi connectivity index (χ1n) is 9.92. The Hall–Kier alpha value is -3.48. The van der Waals surface area contributed by atoms with Crippen LogP contribution < -0.4 is 5.32 Å². The molecule has 0 bridgehead atoms. The van der Waals surface area contributed by atoms with Gasteiger partial charge in [-0.3, -0.25) is 14.4 Å². The second kappa shape index (κ2) is 9.82. The first kappa shape index (κ1) is 21.2. The maximum absolute atomic E-state index is 12.4. The number of rotatable bonds is 7. The Labute approximate surface area is 175 Å². The summed E-state index contributed by atoms with van der Waals surface area (Å²) in [4.78, 5) is 36.6. The first-order valence-corrected chi connectivity index (χ1v) is 9.92. The molecule has 2 aromatic carbocycles. The zero-order chi connectivity index (χ0) is 21.5. The summed E-state index contributed by atoms with van der Waals surface area (Å²) in [6, 6.07) is 17.0. The van der Waals surface area contributed by atoms with Gasteiger partial charge in [0.2, 0.25) is 5.91 Å². The van der Waals surface area contributed by atoms with Gasteiger partial charge in [-0.15, -0.1) is 0 Å². The molecule has 3 rings (SSSR count). The number of ether oxygens (including phenoxy) is 1. The average Bonchev–Trinajstić information content (AvgIpc) is 3.23. The SMILES string of the molecule is Cc1cccc(NC(=O)[C@@H](C)OC(=O)CCC(=O)N2CCC(c3ccccc3)=N2)c1. The molecule has 0 saturated heterocycles. The Balaban J connectivity index is 1.44. The summed E-state index contributed by atoms with van der Waals surface area (Å²) in [5, 5.41) is 8.46. The number of amides is 2. The van der Waals surface area contributed by atoms with Crippen molar-refractivity contribution in [3.05, 3.63) is 65.7 Å². The Morgan fingerprint density at radius 1 is 1.10 bits per heavy atom. The van der Waals surface area contributed by atoms with Crippen LogP contribution in [0, 0.1) is 6.92 Å². The van der Waals surface area contributed by atoms with Crippen molar-refractivity contribution in [1.82, 2.24) is 5.01 Å². The number of anilines is 1. The molecule has 0 radical (unpaired) electrons. The molecule has 7 heteroatoms. The standard InChI is InChI=1S/C23H25N3O4/c1-16-7-6-10-19(15-16)24-23(29)17(2)30-22(28)12-11-21(27)26-14-13-20(25-26)18-8-4-3-5-9-18/h3-10,15,17H,11-14H2,1-2H3,(H,24,29)/t17-/m1/s1. The van der Waals surface area contributed by atoms with Crippen LogP contribution in [0.4, 0.5) is 5.69 Å². The van der Waals surface area contributed by atoms with Crippen LogP contribution in [0.3, 0.4) is 0 Å². The van der Waals surface area contributed by atoms with Crippen molar-refractivity contribution in [1.29, 1.82) is 0 Å². The van der Waals surface area contributed by atoms with Crippen LogP contribution in [0.25, 0.3) is 0 Å². The van der Waals surface area contributed by atoms with Crippen LogP contribution in [-0.4, -0.2) is 41.2 Å². The Morgan fingerprint density at radius 3 is 2.60 bits per heavy atom. The van der Waals surface area contributed by atoms with Gasteiger partial charge >= 0.3 is 5.97 Å². The quantitative estimate of drug-likeness (QED) is 0.714. The number of benzene rings is 2. The summed E-state index contributed by atoms with van der Waals surface area (Å²) >= 11 is 0. The van der Waals surface area contributed by atoms with Gasteiger partial charge in [0.25, 0.3) is 5.91 Å². The van der Waals surface area contributed by atoms with E-state index < -0.39 is 18.0 Å². The van der Waals surface area contributed by atoms with E-state index in [2.05, 4.69) is 10.4 Å². The highest BCUT2D eigenvalue weighted by atomic mass is 16.5. The molecular formula is C23H25N3O4. The van der Waals surface area contributed by atoms with Crippen LogP contribution in [0.15, 0.2) is 59.7 Å². The molecule has 0 aliphatic carbocycles. The summed E-state index contributed by atoms with van der Waals surface area (Å²) in [5.41, 5.74) is 3.49. The van der Waals surface area contributed by atoms with E-state index in [1.807, 2.05) is 55.5 Å². The fourth-order valence-corrected chi connectivity index (χ4v) is 3.08. The van der Waals surface area contributed by atoms with E-state index in [0.717, 1.165) is 16.8 Å². The van der Waals surface area contributed by atoms with Gasteiger partial charge in [0.15, 0.2) is 6.10 Å². The van der Waals surface area contributed by atoms with E-state index in [9.17, 15) is 14.4 Å². The number of hydrogen-bond acceptors (Lipinski definition) is 5. The highest BCUT2D eigenvalue weighted by Crippen LogP contribution is 2.15. The number of nitrogens with one attached hydrogen (secondary N) is 1. The van der Waals surface area contributed by atoms with Crippen molar-refractivity contribution in [3.63, 3.8) is 0 Å². The lowest BCUT2D eigenvalue weighted by atomic mass is 10.1. The third-order valence-corrected chi connectivity index (χ3v) is 4.70. The van der Waals surface area contributed by atoms with Crippen LogP contribution in [0.1, 0.15) is 37.3 Å². The number of nitrogens with zero attached hydrogens (tertiary/aromatic N) is 2. The van der Waals surface area contributed by atoms with Crippen molar-refractivity contribution < 1.29 is 19.1 Å². The Morgan fingerprint density at radius 2 is 1.87 bits per heavy atom.